The predicted octanol–water partition coefficient (Wildman–Crippen LogP) is 4.77. The highest BCUT2D eigenvalue weighted by molar-refractivity contribution is 14.2. The fraction of sp³-hybridized carbons (Fsp3) is 0.541. The minimum atomic E-state index is -1.30. The van der Waals surface area contributed by atoms with Gasteiger partial charge in [-0.25, -0.2) is 0 Å². The Morgan fingerprint density at radius 3 is 1.53 bits per heavy atom. The molecular weight excluding hydrogens is 1020 g/mol. The highest BCUT2D eigenvalue weighted by Gasteiger charge is 2.40. The Morgan fingerprint density at radius 2 is 1.12 bits per heavy atom. The summed E-state index contributed by atoms with van der Waals surface area (Å²) in [6, 6.07) is 1.81. The number of halogens is 2. The number of carbonyl (C=O) groups is 5. The first-order chi connectivity index (χ1) is 27.3. The number of phenolic OH excluding ortho intramolecular Hbond substituents is 2. The summed E-state index contributed by atoms with van der Waals surface area (Å²) in [7, 11) is 17.9. The topological polar surface area (TPSA) is 199 Å². The number of aromatic hydroxyl groups is 2. The Balaban J connectivity index is 2.92. The molecule has 2 aromatic carbocycles. The molecule has 0 heterocycles. The molecule has 0 aliphatic carbocycles. The van der Waals surface area contributed by atoms with Gasteiger partial charge in [0.05, 0.1) is 53.7 Å². The van der Waals surface area contributed by atoms with Gasteiger partial charge in [0.2, 0.25) is 0 Å². The number of benzene rings is 2. The largest absolute Gasteiger partial charge is 0.507 e. The van der Waals surface area contributed by atoms with Crippen LogP contribution in [0.15, 0.2) is 24.3 Å². The number of esters is 4. The Bertz CT molecular complexity index is 1750. The molecule has 9 atom stereocenters. The first kappa shape index (κ1) is 51.9. The normalized spacial score (nSPS) is 16.1. The number of methoxy groups -OCH3 is 4. The fourth-order valence-corrected chi connectivity index (χ4v) is 9.43. The number of ether oxygens (including phenoxy) is 5. The van der Waals surface area contributed by atoms with E-state index in [4.69, 9.17) is 38.8 Å². The molecule has 0 spiro atoms. The summed E-state index contributed by atoms with van der Waals surface area (Å²) < 4.78 is 24.8. The maximum Gasteiger partial charge on any atom is 0.323 e. The number of carbonyl (C=O) groups excluding carboxylic acids is 5. The molecular formula is C37H51B2I2N3O12P2. The molecule has 0 aliphatic rings. The lowest BCUT2D eigenvalue weighted by molar-refractivity contribution is -0.155. The third-order valence-corrected chi connectivity index (χ3v) is 14.5. The summed E-state index contributed by atoms with van der Waals surface area (Å²) in [6.45, 7) is 8.99. The first-order valence-electron chi connectivity index (χ1n) is 18.0. The molecule has 0 saturated carbocycles. The molecule has 2 rings (SSSR count). The summed E-state index contributed by atoms with van der Waals surface area (Å²) in [5.41, 5.74) is -0.980. The molecule has 21 heteroatoms. The van der Waals surface area contributed by atoms with Gasteiger partial charge in [-0.15, -0.1) is 0 Å². The molecule has 58 heavy (non-hydrogen) atoms. The van der Waals surface area contributed by atoms with Gasteiger partial charge < -0.3 is 44.5 Å². The van der Waals surface area contributed by atoms with E-state index in [0.29, 0.717) is 32.9 Å². The van der Waals surface area contributed by atoms with Gasteiger partial charge in [0.25, 0.3) is 6.47 Å². The summed E-state index contributed by atoms with van der Waals surface area (Å²) in [5, 5.41) is 32.1. The van der Waals surface area contributed by atoms with Crippen LogP contribution in [0.4, 0.5) is 0 Å². The Morgan fingerprint density at radius 1 is 0.707 bits per heavy atom. The third kappa shape index (κ3) is 14.4. The van der Waals surface area contributed by atoms with Crippen LogP contribution in [0.1, 0.15) is 100 Å². The second kappa shape index (κ2) is 24.8. The smallest absolute Gasteiger partial charge is 0.323 e. The Kier molecular flexibility index (Phi) is 22.2. The number of nitrogens with one attached hydrogen (secondary N) is 2. The van der Waals surface area contributed by atoms with Gasteiger partial charge in [-0.05, 0) is 69.5 Å². The lowest BCUT2D eigenvalue weighted by atomic mass is 9.92. The first-order valence-corrected chi connectivity index (χ1v) is 26.4. The van der Waals surface area contributed by atoms with Gasteiger partial charge in [-0.3, -0.25) is 28.9 Å². The van der Waals surface area contributed by atoms with Crippen LogP contribution in [-0.4, -0.2) is 114 Å². The average Bonchev–Trinajstić information content (AvgIpc) is 3.18. The molecule has 0 fully saturated rings. The number of nitrogens with zero attached hydrogens (tertiary/aromatic N) is 1. The van der Waals surface area contributed by atoms with Crippen molar-refractivity contribution in [3.63, 3.8) is 0 Å². The standard InChI is InChI=1S/C37H51B2I2N3O12P2/c1-19(10-32(46)52-6)42-20(2)27-12-25(57(38)40)14-29(35(27)49)22(4)44(31(37(51)55-9)16-34(48)54-8)23(5)30-15-26(58(39)41)13-28(36(30)50)21(3)43-24(17-56-18-45)11-33(47)53-7/h12-15,18-24,31,42-43,49-50H,10-11,16-17H2,1-9H3. The van der Waals surface area contributed by atoms with E-state index >= 15 is 0 Å². The van der Waals surface area contributed by atoms with Crippen molar-refractivity contribution in [1.82, 2.24) is 15.5 Å². The van der Waals surface area contributed by atoms with Crippen molar-refractivity contribution in [3.05, 3.63) is 46.5 Å². The second-order valence-electron chi connectivity index (χ2n) is 13.6. The van der Waals surface area contributed by atoms with Crippen LogP contribution in [-0.2, 0) is 47.7 Å². The van der Waals surface area contributed by atoms with Crippen LogP contribution in [0.5, 0.6) is 11.5 Å². The van der Waals surface area contributed by atoms with Gasteiger partial charge in [-0.1, -0.05) is 55.0 Å². The van der Waals surface area contributed by atoms with Gasteiger partial charge in [-0.2, -0.15) is 0 Å². The molecule has 4 N–H and O–H groups in total. The summed E-state index contributed by atoms with van der Waals surface area (Å²) in [5.74, 6) is -2.73. The van der Waals surface area contributed by atoms with Crippen LogP contribution in [0.2, 0.25) is 0 Å². The molecule has 4 radical (unpaired) electrons. The van der Waals surface area contributed by atoms with Crippen molar-refractivity contribution < 1.29 is 57.9 Å². The van der Waals surface area contributed by atoms with E-state index in [-0.39, 0.29) is 43.5 Å². The molecule has 0 amide bonds. The summed E-state index contributed by atoms with van der Waals surface area (Å²) >= 11 is 4.21. The van der Waals surface area contributed by atoms with Crippen molar-refractivity contribution in [3.8, 4) is 11.5 Å². The monoisotopic (exact) mass is 1070 g/mol. The minimum Gasteiger partial charge on any atom is -0.507 e. The molecule has 0 aliphatic heterocycles. The van der Waals surface area contributed by atoms with Crippen molar-refractivity contribution >= 4 is 111 Å². The van der Waals surface area contributed by atoms with E-state index in [1.165, 1.54) is 28.4 Å². The van der Waals surface area contributed by atoms with Crippen molar-refractivity contribution in [1.29, 1.82) is 0 Å². The Labute approximate surface area is 371 Å². The van der Waals surface area contributed by atoms with E-state index in [1.807, 2.05) is 13.8 Å². The quantitative estimate of drug-likeness (QED) is 0.0296. The van der Waals surface area contributed by atoms with Crippen LogP contribution < -0.4 is 21.2 Å². The van der Waals surface area contributed by atoms with E-state index in [2.05, 4.69) is 54.7 Å². The third-order valence-electron chi connectivity index (χ3n) is 9.68. The van der Waals surface area contributed by atoms with Crippen LogP contribution in [0.25, 0.3) is 0 Å². The van der Waals surface area contributed by atoms with Gasteiger partial charge in [0, 0.05) is 52.5 Å². The van der Waals surface area contributed by atoms with Gasteiger partial charge in [0.1, 0.15) is 39.3 Å². The van der Waals surface area contributed by atoms with E-state index in [0.717, 1.165) is 0 Å². The molecule has 0 saturated heterocycles. The molecule has 2 aromatic rings. The van der Waals surface area contributed by atoms with Gasteiger partial charge in [0.15, 0.2) is 0 Å². The molecule has 0 bridgehead atoms. The van der Waals surface area contributed by atoms with Crippen LogP contribution in [0.3, 0.4) is 0 Å². The summed E-state index contributed by atoms with van der Waals surface area (Å²) in [4.78, 5) is 63.6. The zero-order valence-corrected chi connectivity index (χ0v) is 40.1. The summed E-state index contributed by atoms with van der Waals surface area (Å²) in [6.07, 6.45) is -0.504. The molecule has 15 nitrogen and oxygen atoms in total. The zero-order chi connectivity index (χ0) is 44.0. The minimum absolute atomic E-state index is 0.0828. The lowest BCUT2D eigenvalue weighted by Crippen LogP contribution is -2.46. The van der Waals surface area contributed by atoms with E-state index < -0.39 is 77.4 Å². The maximum absolute atomic E-state index is 13.7. The SMILES string of the molecule is [B]P(I)c1cc(C(C)NC(C)CC(=O)OC)c(O)c(C(C)N(C(CC(=O)OC)C(=O)OC)C(C)c2cc(P([B])I)cc(C(C)NC(COC=O)CC(=O)OC)c2O)c1. The Hall–Kier alpha value is -2.28. The lowest BCUT2D eigenvalue weighted by Gasteiger charge is -2.40. The number of hydrogen-bond donors (Lipinski definition) is 4. The predicted molar refractivity (Wildman–Crippen MR) is 242 cm³/mol. The number of rotatable bonds is 23. The van der Waals surface area contributed by atoms with Crippen LogP contribution in [0, 0.1) is 0 Å². The number of hydrogen-bond acceptors (Lipinski definition) is 15. The van der Waals surface area contributed by atoms with Crippen LogP contribution >= 0.6 is 55.0 Å². The second-order valence-corrected chi connectivity index (χ2v) is 22.1. The fourth-order valence-electron chi connectivity index (χ4n) is 6.71. The highest BCUT2D eigenvalue weighted by atomic mass is 127. The van der Waals surface area contributed by atoms with Gasteiger partial charge >= 0.3 is 23.9 Å². The molecule has 316 valence electrons. The number of phenols is 2. The molecule has 0 aromatic heterocycles. The van der Waals surface area contributed by atoms with Crippen molar-refractivity contribution in [2.24, 2.45) is 0 Å². The van der Waals surface area contributed by atoms with E-state index in [1.54, 1.807) is 49.9 Å². The maximum atomic E-state index is 13.7. The van der Waals surface area contributed by atoms with E-state index in [9.17, 15) is 34.2 Å². The van der Waals surface area contributed by atoms with Crippen molar-refractivity contribution in [2.45, 2.75) is 96.2 Å². The zero-order valence-electron chi connectivity index (χ0n) is 34.0. The highest BCUT2D eigenvalue weighted by Crippen LogP contribution is 2.47. The molecule has 9 unspecified atom stereocenters. The average molecular weight is 1070 g/mol. The van der Waals surface area contributed by atoms with Crippen molar-refractivity contribution in [2.75, 3.05) is 35.0 Å².